The third kappa shape index (κ3) is 2.77. The summed E-state index contributed by atoms with van der Waals surface area (Å²) in [6.07, 6.45) is -3.41. The number of hydrogen-bond acceptors (Lipinski definition) is 2. The number of alkyl halides is 3. The second-order valence-corrected chi connectivity index (χ2v) is 3.41. The van der Waals surface area contributed by atoms with Crippen LogP contribution in [-0.2, 0) is 6.18 Å². The highest BCUT2D eigenvalue weighted by Gasteiger charge is 2.34. The summed E-state index contributed by atoms with van der Waals surface area (Å²) in [5.41, 5.74) is -0.915. The minimum absolute atomic E-state index is 0.0424. The van der Waals surface area contributed by atoms with E-state index in [2.05, 4.69) is 4.98 Å². The van der Waals surface area contributed by atoms with Crippen LogP contribution in [0.25, 0.3) is 0 Å². The SMILES string of the molecule is Fc1cc(Oc2ccccc2C(F)(F)F)ccn1. The molecule has 2 aromatic rings. The predicted octanol–water partition coefficient (Wildman–Crippen LogP) is 4.03. The van der Waals surface area contributed by atoms with Crippen LogP contribution in [0, 0.1) is 5.95 Å². The number of pyridine rings is 1. The standard InChI is InChI=1S/C12H7F4NO/c13-11-7-8(5-6-17-11)18-10-4-2-1-3-9(10)12(14,15)16/h1-7H. The highest BCUT2D eigenvalue weighted by Crippen LogP contribution is 2.37. The summed E-state index contributed by atoms with van der Waals surface area (Å²) in [7, 11) is 0. The van der Waals surface area contributed by atoms with Crippen molar-refractivity contribution in [1.82, 2.24) is 4.98 Å². The van der Waals surface area contributed by atoms with Gasteiger partial charge in [0.1, 0.15) is 11.5 Å². The molecule has 1 aromatic heterocycles. The molecule has 2 rings (SSSR count). The molecular formula is C12H7F4NO. The highest BCUT2D eigenvalue weighted by molar-refractivity contribution is 5.39. The second-order valence-electron chi connectivity index (χ2n) is 3.41. The van der Waals surface area contributed by atoms with Crippen LogP contribution in [0.3, 0.4) is 0 Å². The van der Waals surface area contributed by atoms with Crippen molar-refractivity contribution >= 4 is 0 Å². The van der Waals surface area contributed by atoms with Gasteiger partial charge >= 0.3 is 6.18 Å². The van der Waals surface area contributed by atoms with Crippen LogP contribution in [0.15, 0.2) is 42.6 Å². The van der Waals surface area contributed by atoms with Gasteiger partial charge in [-0.25, -0.2) is 4.98 Å². The van der Waals surface area contributed by atoms with E-state index in [1.165, 1.54) is 24.3 Å². The van der Waals surface area contributed by atoms with Crippen molar-refractivity contribution in [3.8, 4) is 11.5 Å². The third-order valence-electron chi connectivity index (χ3n) is 2.12. The number of hydrogen-bond donors (Lipinski definition) is 0. The molecule has 0 amide bonds. The third-order valence-corrected chi connectivity index (χ3v) is 2.12. The average molecular weight is 257 g/mol. The molecule has 18 heavy (non-hydrogen) atoms. The van der Waals surface area contributed by atoms with Gasteiger partial charge in [0.2, 0.25) is 5.95 Å². The monoisotopic (exact) mass is 257 g/mol. The van der Waals surface area contributed by atoms with Gasteiger partial charge < -0.3 is 4.74 Å². The van der Waals surface area contributed by atoms with Gasteiger partial charge in [-0.2, -0.15) is 17.6 Å². The van der Waals surface area contributed by atoms with Gasteiger partial charge in [-0.15, -0.1) is 0 Å². The van der Waals surface area contributed by atoms with Gasteiger partial charge in [0.05, 0.1) is 5.56 Å². The molecule has 6 heteroatoms. The molecule has 2 nitrogen and oxygen atoms in total. The minimum atomic E-state index is -4.53. The average Bonchev–Trinajstić information content (AvgIpc) is 2.28. The first-order chi connectivity index (χ1) is 8.47. The van der Waals surface area contributed by atoms with Crippen LogP contribution in [0.5, 0.6) is 11.5 Å². The summed E-state index contributed by atoms with van der Waals surface area (Å²) in [6.45, 7) is 0. The molecule has 1 aromatic carbocycles. The van der Waals surface area contributed by atoms with E-state index >= 15 is 0 Å². The lowest BCUT2D eigenvalue weighted by Crippen LogP contribution is -2.06. The second kappa shape index (κ2) is 4.64. The lowest BCUT2D eigenvalue weighted by atomic mass is 10.2. The Labute approximate surface area is 99.8 Å². The molecule has 0 atom stereocenters. The molecule has 0 spiro atoms. The van der Waals surface area contributed by atoms with Crippen LogP contribution < -0.4 is 4.74 Å². The van der Waals surface area contributed by atoms with Crippen LogP contribution >= 0.6 is 0 Å². The van der Waals surface area contributed by atoms with Crippen molar-refractivity contribution in [2.24, 2.45) is 0 Å². The number of para-hydroxylation sites is 1. The first-order valence-corrected chi connectivity index (χ1v) is 4.92. The van der Waals surface area contributed by atoms with Gasteiger partial charge in [-0.05, 0) is 18.2 Å². The first kappa shape index (κ1) is 12.3. The number of aromatic nitrogens is 1. The van der Waals surface area contributed by atoms with Crippen molar-refractivity contribution in [2.45, 2.75) is 6.18 Å². The molecule has 0 saturated carbocycles. The van der Waals surface area contributed by atoms with Crippen LogP contribution in [0.2, 0.25) is 0 Å². The van der Waals surface area contributed by atoms with Gasteiger partial charge in [0, 0.05) is 12.3 Å². The van der Waals surface area contributed by atoms with E-state index in [4.69, 9.17) is 4.74 Å². The topological polar surface area (TPSA) is 22.1 Å². The molecule has 0 bridgehead atoms. The lowest BCUT2D eigenvalue weighted by molar-refractivity contribution is -0.138. The van der Waals surface area contributed by atoms with Crippen molar-refractivity contribution in [3.05, 3.63) is 54.1 Å². The number of rotatable bonds is 2. The van der Waals surface area contributed by atoms with E-state index in [-0.39, 0.29) is 11.5 Å². The Morgan fingerprint density at radius 3 is 2.44 bits per heavy atom. The van der Waals surface area contributed by atoms with Crippen molar-refractivity contribution in [3.63, 3.8) is 0 Å². The van der Waals surface area contributed by atoms with Crippen LogP contribution in [-0.4, -0.2) is 4.98 Å². The van der Waals surface area contributed by atoms with Gasteiger partial charge in [0.25, 0.3) is 0 Å². The van der Waals surface area contributed by atoms with E-state index < -0.39 is 17.7 Å². The Morgan fingerprint density at radius 1 is 1.06 bits per heavy atom. The van der Waals surface area contributed by atoms with E-state index in [0.29, 0.717) is 0 Å². The lowest BCUT2D eigenvalue weighted by Gasteiger charge is -2.13. The Balaban J connectivity index is 2.35. The van der Waals surface area contributed by atoms with E-state index in [9.17, 15) is 17.6 Å². The molecule has 0 saturated heterocycles. The number of halogens is 4. The van der Waals surface area contributed by atoms with Crippen LogP contribution in [0.1, 0.15) is 5.56 Å². The predicted molar refractivity (Wildman–Crippen MR) is 55.7 cm³/mol. The summed E-state index contributed by atoms with van der Waals surface area (Å²) in [5, 5.41) is 0. The summed E-state index contributed by atoms with van der Waals surface area (Å²) >= 11 is 0. The zero-order valence-electron chi connectivity index (χ0n) is 8.91. The van der Waals surface area contributed by atoms with Crippen LogP contribution in [0.4, 0.5) is 17.6 Å². The first-order valence-electron chi connectivity index (χ1n) is 4.92. The molecule has 0 fully saturated rings. The molecule has 0 aliphatic carbocycles. The quantitative estimate of drug-likeness (QED) is 0.598. The van der Waals surface area contributed by atoms with E-state index in [0.717, 1.165) is 18.3 Å². The van der Waals surface area contributed by atoms with Crippen molar-refractivity contribution in [2.75, 3.05) is 0 Å². The molecular weight excluding hydrogens is 250 g/mol. The summed E-state index contributed by atoms with van der Waals surface area (Å²) in [5.74, 6) is -1.24. The Morgan fingerprint density at radius 2 is 1.78 bits per heavy atom. The zero-order valence-corrected chi connectivity index (χ0v) is 8.91. The van der Waals surface area contributed by atoms with E-state index in [1.807, 2.05) is 0 Å². The van der Waals surface area contributed by atoms with Gasteiger partial charge in [-0.3, -0.25) is 0 Å². The summed E-state index contributed by atoms with van der Waals surface area (Å²) in [4.78, 5) is 3.28. The molecule has 0 aliphatic heterocycles. The molecule has 0 N–H and O–H groups in total. The Kier molecular flexibility index (Phi) is 3.18. The summed E-state index contributed by atoms with van der Waals surface area (Å²) in [6, 6.07) is 6.91. The zero-order chi connectivity index (χ0) is 13.2. The summed E-state index contributed by atoms with van der Waals surface area (Å²) < 4.78 is 55.8. The normalized spacial score (nSPS) is 11.3. The Bertz CT molecular complexity index is 554. The number of benzene rings is 1. The maximum atomic E-state index is 12.8. The largest absolute Gasteiger partial charge is 0.457 e. The molecule has 0 unspecified atom stereocenters. The fraction of sp³-hybridized carbons (Fsp3) is 0.0833. The van der Waals surface area contributed by atoms with Gasteiger partial charge in [-0.1, -0.05) is 12.1 Å². The highest BCUT2D eigenvalue weighted by atomic mass is 19.4. The maximum Gasteiger partial charge on any atom is 0.419 e. The minimum Gasteiger partial charge on any atom is -0.457 e. The number of nitrogens with zero attached hydrogens (tertiary/aromatic N) is 1. The smallest absolute Gasteiger partial charge is 0.419 e. The maximum absolute atomic E-state index is 12.8. The molecule has 0 aliphatic rings. The van der Waals surface area contributed by atoms with Crippen molar-refractivity contribution < 1.29 is 22.3 Å². The Hall–Kier alpha value is -2.11. The van der Waals surface area contributed by atoms with Gasteiger partial charge in [0.15, 0.2) is 0 Å². The van der Waals surface area contributed by atoms with Crippen molar-refractivity contribution in [1.29, 1.82) is 0 Å². The van der Waals surface area contributed by atoms with E-state index in [1.54, 1.807) is 0 Å². The number of ether oxygens (including phenoxy) is 1. The molecule has 1 heterocycles. The molecule has 94 valence electrons. The molecule has 0 radical (unpaired) electrons. The fourth-order valence-electron chi connectivity index (χ4n) is 1.36. The fourth-order valence-corrected chi connectivity index (χ4v) is 1.36.